The van der Waals surface area contributed by atoms with Crippen LogP contribution in [0.15, 0.2) is 46.9 Å². The third-order valence-electron chi connectivity index (χ3n) is 3.52. The van der Waals surface area contributed by atoms with Crippen LogP contribution < -0.4 is 0 Å². The number of aryl methyl sites for hydroxylation is 1. The van der Waals surface area contributed by atoms with Crippen molar-refractivity contribution >= 4 is 11.1 Å². The van der Waals surface area contributed by atoms with E-state index in [0.717, 1.165) is 16.7 Å². The minimum Gasteiger partial charge on any atom is -0.436 e. The fourth-order valence-electron chi connectivity index (χ4n) is 2.36. The molecule has 0 spiro atoms. The molecule has 0 fully saturated rings. The van der Waals surface area contributed by atoms with E-state index in [9.17, 15) is 0 Å². The molecule has 0 saturated carbocycles. The van der Waals surface area contributed by atoms with Crippen LogP contribution in [-0.4, -0.2) is 4.98 Å². The van der Waals surface area contributed by atoms with Gasteiger partial charge in [-0.05, 0) is 30.5 Å². The fourth-order valence-corrected chi connectivity index (χ4v) is 2.36. The quantitative estimate of drug-likeness (QED) is 0.611. The zero-order chi connectivity index (χ0) is 14.3. The summed E-state index contributed by atoms with van der Waals surface area (Å²) in [7, 11) is 0. The lowest BCUT2D eigenvalue weighted by Gasteiger charge is -2.18. The molecule has 3 aromatic rings. The normalized spacial score (nSPS) is 12.0. The maximum Gasteiger partial charge on any atom is 0.227 e. The predicted octanol–water partition coefficient (Wildman–Crippen LogP) is 5.10. The molecule has 3 rings (SSSR count). The molecule has 2 heteroatoms. The Morgan fingerprint density at radius 1 is 0.950 bits per heavy atom. The van der Waals surface area contributed by atoms with Gasteiger partial charge in [-0.1, -0.05) is 50.6 Å². The lowest BCUT2D eigenvalue weighted by atomic mass is 9.86. The molecule has 0 radical (unpaired) electrons. The molecule has 20 heavy (non-hydrogen) atoms. The summed E-state index contributed by atoms with van der Waals surface area (Å²) in [6.45, 7) is 8.65. The van der Waals surface area contributed by atoms with Crippen LogP contribution in [0.4, 0.5) is 0 Å². The summed E-state index contributed by atoms with van der Waals surface area (Å²) in [5.74, 6) is 0.691. The first-order valence-corrected chi connectivity index (χ1v) is 6.92. The summed E-state index contributed by atoms with van der Waals surface area (Å²) in [5, 5.41) is 0. The highest BCUT2D eigenvalue weighted by molar-refractivity contribution is 5.80. The molecular formula is C18H19NO. The molecule has 0 unspecified atom stereocenters. The second-order valence-corrected chi connectivity index (χ2v) is 6.29. The van der Waals surface area contributed by atoms with Crippen molar-refractivity contribution in [2.75, 3.05) is 0 Å². The molecule has 0 bridgehead atoms. The van der Waals surface area contributed by atoms with Crippen LogP contribution >= 0.6 is 0 Å². The Balaban J connectivity index is 2.18. The van der Waals surface area contributed by atoms with Crippen LogP contribution in [0, 0.1) is 6.92 Å². The van der Waals surface area contributed by atoms with Gasteiger partial charge in [0, 0.05) is 11.1 Å². The summed E-state index contributed by atoms with van der Waals surface area (Å²) in [4.78, 5) is 4.62. The highest BCUT2D eigenvalue weighted by Crippen LogP contribution is 2.32. The van der Waals surface area contributed by atoms with Crippen LogP contribution in [0.5, 0.6) is 0 Å². The number of fused-ring (bicyclic) bond motifs is 1. The Morgan fingerprint density at radius 2 is 1.65 bits per heavy atom. The Kier molecular flexibility index (Phi) is 2.89. The third-order valence-corrected chi connectivity index (χ3v) is 3.52. The molecule has 102 valence electrons. The highest BCUT2D eigenvalue weighted by atomic mass is 16.3. The van der Waals surface area contributed by atoms with Crippen LogP contribution in [0.3, 0.4) is 0 Å². The van der Waals surface area contributed by atoms with Gasteiger partial charge in [-0.25, -0.2) is 4.98 Å². The van der Waals surface area contributed by atoms with E-state index in [2.05, 4.69) is 63.0 Å². The van der Waals surface area contributed by atoms with E-state index in [4.69, 9.17) is 4.42 Å². The molecule has 0 aliphatic rings. The van der Waals surface area contributed by atoms with Crippen molar-refractivity contribution in [2.24, 2.45) is 0 Å². The smallest absolute Gasteiger partial charge is 0.227 e. The number of benzene rings is 2. The maximum atomic E-state index is 6.04. The van der Waals surface area contributed by atoms with Gasteiger partial charge in [0.05, 0.1) is 0 Å². The van der Waals surface area contributed by atoms with Gasteiger partial charge in [0.1, 0.15) is 5.52 Å². The summed E-state index contributed by atoms with van der Waals surface area (Å²) < 4.78 is 6.04. The molecule has 0 amide bonds. The SMILES string of the molecule is Cc1ccc(-c2nc3cccc(C(C)(C)C)c3o2)cc1. The average molecular weight is 265 g/mol. The first-order valence-electron chi connectivity index (χ1n) is 6.92. The minimum atomic E-state index is 0.0452. The van der Waals surface area contributed by atoms with Gasteiger partial charge in [-0.15, -0.1) is 0 Å². The second kappa shape index (κ2) is 4.48. The molecule has 0 aliphatic heterocycles. The van der Waals surface area contributed by atoms with Gasteiger partial charge in [-0.2, -0.15) is 0 Å². The molecule has 1 heterocycles. The molecule has 0 atom stereocenters. The standard InChI is InChI=1S/C18H19NO/c1-12-8-10-13(11-9-12)17-19-15-7-5-6-14(16(15)20-17)18(2,3)4/h5-11H,1-4H3. The summed E-state index contributed by atoms with van der Waals surface area (Å²) >= 11 is 0. The second-order valence-electron chi connectivity index (χ2n) is 6.29. The van der Waals surface area contributed by atoms with E-state index in [1.165, 1.54) is 11.1 Å². The van der Waals surface area contributed by atoms with E-state index in [-0.39, 0.29) is 5.41 Å². The molecule has 1 aromatic heterocycles. The Hall–Kier alpha value is -2.09. The van der Waals surface area contributed by atoms with Crippen LogP contribution in [0.1, 0.15) is 31.9 Å². The Labute approximate surface area is 119 Å². The summed E-state index contributed by atoms with van der Waals surface area (Å²) in [6.07, 6.45) is 0. The lowest BCUT2D eigenvalue weighted by molar-refractivity contribution is 0.561. The molecule has 2 nitrogen and oxygen atoms in total. The fraction of sp³-hybridized carbons (Fsp3) is 0.278. The summed E-state index contributed by atoms with van der Waals surface area (Å²) in [5.41, 5.74) is 5.32. The summed E-state index contributed by atoms with van der Waals surface area (Å²) in [6, 6.07) is 14.4. The van der Waals surface area contributed by atoms with Crippen LogP contribution in [-0.2, 0) is 5.41 Å². The van der Waals surface area contributed by atoms with Crippen molar-refractivity contribution < 1.29 is 4.42 Å². The highest BCUT2D eigenvalue weighted by Gasteiger charge is 2.20. The number of oxazole rings is 1. The third kappa shape index (κ3) is 2.22. The predicted molar refractivity (Wildman–Crippen MR) is 82.9 cm³/mol. The van der Waals surface area contributed by atoms with E-state index in [0.29, 0.717) is 5.89 Å². The molecular weight excluding hydrogens is 246 g/mol. The van der Waals surface area contributed by atoms with Gasteiger partial charge in [0.2, 0.25) is 5.89 Å². The largest absolute Gasteiger partial charge is 0.436 e. The molecule has 0 aliphatic carbocycles. The minimum absolute atomic E-state index is 0.0452. The van der Waals surface area contributed by atoms with Gasteiger partial charge in [-0.3, -0.25) is 0 Å². The number of nitrogens with zero attached hydrogens (tertiary/aromatic N) is 1. The number of aromatic nitrogens is 1. The van der Waals surface area contributed by atoms with Crippen molar-refractivity contribution in [3.05, 3.63) is 53.6 Å². The van der Waals surface area contributed by atoms with E-state index in [1.807, 2.05) is 12.1 Å². The maximum absolute atomic E-state index is 6.04. The van der Waals surface area contributed by atoms with Crippen molar-refractivity contribution in [1.82, 2.24) is 4.98 Å². The molecule has 0 saturated heterocycles. The number of rotatable bonds is 1. The average Bonchev–Trinajstić information content (AvgIpc) is 2.81. The number of hydrogen-bond acceptors (Lipinski definition) is 2. The Bertz CT molecular complexity index is 745. The van der Waals surface area contributed by atoms with Crippen LogP contribution in [0.2, 0.25) is 0 Å². The van der Waals surface area contributed by atoms with Crippen LogP contribution in [0.25, 0.3) is 22.6 Å². The van der Waals surface area contributed by atoms with E-state index >= 15 is 0 Å². The van der Waals surface area contributed by atoms with E-state index < -0.39 is 0 Å². The zero-order valence-electron chi connectivity index (χ0n) is 12.4. The first-order chi connectivity index (χ1) is 9.45. The topological polar surface area (TPSA) is 26.0 Å². The van der Waals surface area contributed by atoms with Crippen molar-refractivity contribution in [1.29, 1.82) is 0 Å². The van der Waals surface area contributed by atoms with Gasteiger partial charge >= 0.3 is 0 Å². The Morgan fingerprint density at radius 3 is 2.30 bits per heavy atom. The van der Waals surface area contributed by atoms with Crippen molar-refractivity contribution in [3.63, 3.8) is 0 Å². The van der Waals surface area contributed by atoms with Gasteiger partial charge in [0.15, 0.2) is 5.58 Å². The number of hydrogen-bond donors (Lipinski definition) is 0. The first kappa shape index (κ1) is 12.9. The van der Waals surface area contributed by atoms with E-state index in [1.54, 1.807) is 0 Å². The van der Waals surface area contributed by atoms with Crippen molar-refractivity contribution in [3.8, 4) is 11.5 Å². The lowest BCUT2D eigenvalue weighted by Crippen LogP contribution is -2.10. The zero-order valence-corrected chi connectivity index (χ0v) is 12.4. The number of para-hydroxylation sites is 1. The van der Waals surface area contributed by atoms with Gasteiger partial charge < -0.3 is 4.42 Å². The molecule has 2 aromatic carbocycles. The molecule has 0 N–H and O–H groups in total. The van der Waals surface area contributed by atoms with Crippen molar-refractivity contribution in [2.45, 2.75) is 33.1 Å². The van der Waals surface area contributed by atoms with Gasteiger partial charge in [0.25, 0.3) is 0 Å². The monoisotopic (exact) mass is 265 g/mol.